The molecule has 450 valence electrons. The number of ether oxygens (including phenoxy) is 1. The van der Waals surface area contributed by atoms with Crippen molar-refractivity contribution >= 4 is 11.9 Å². The molecule has 0 aliphatic heterocycles. The molecule has 6 heteroatoms. The number of aliphatic hydroxyl groups excluding tert-OH is 2. The minimum absolute atomic E-state index is 0.00300. The molecule has 1 amide bonds. The summed E-state index contributed by atoms with van der Waals surface area (Å²) in [4.78, 5) is 24.6. The molecule has 0 fully saturated rings. The summed E-state index contributed by atoms with van der Waals surface area (Å²) in [6.45, 7) is 4.94. The largest absolute Gasteiger partial charge is 0.466 e. The Hall–Kier alpha value is -1.66. The molecule has 0 aromatic heterocycles. The predicted molar refractivity (Wildman–Crippen MR) is 333 cm³/mol. The molecular formula is C70H135NO5. The molecule has 0 saturated heterocycles. The smallest absolute Gasteiger partial charge is 0.305 e. The quantitative estimate of drug-likeness (QED) is 0.0320. The van der Waals surface area contributed by atoms with Crippen LogP contribution in [0.4, 0.5) is 0 Å². The molecule has 0 aliphatic carbocycles. The van der Waals surface area contributed by atoms with Crippen LogP contribution in [0.2, 0.25) is 0 Å². The number of aliphatic hydroxyl groups is 2. The Labute approximate surface area is 475 Å². The van der Waals surface area contributed by atoms with Crippen molar-refractivity contribution in [3.05, 3.63) is 24.3 Å². The van der Waals surface area contributed by atoms with Crippen LogP contribution >= 0.6 is 0 Å². The van der Waals surface area contributed by atoms with Crippen LogP contribution in [0.3, 0.4) is 0 Å². The molecule has 0 spiro atoms. The number of amides is 1. The molecule has 0 aliphatic rings. The third-order valence-electron chi connectivity index (χ3n) is 16.3. The maximum absolute atomic E-state index is 12.6. The Balaban J connectivity index is 3.39. The van der Waals surface area contributed by atoms with Crippen LogP contribution in [0.1, 0.15) is 386 Å². The van der Waals surface area contributed by atoms with Crippen molar-refractivity contribution in [2.24, 2.45) is 0 Å². The number of hydrogen-bond donors (Lipinski definition) is 3. The van der Waals surface area contributed by atoms with E-state index in [1.807, 2.05) is 0 Å². The van der Waals surface area contributed by atoms with Crippen LogP contribution in [0, 0.1) is 0 Å². The van der Waals surface area contributed by atoms with E-state index in [0.717, 1.165) is 51.4 Å². The molecular weight excluding hydrogens is 935 g/mol. The van der Waals surface area contributed by atoms with Gasteiger partial charge < -0.3 is 20.3 Å². The van der Waals surface area contributed by atoms with E-state index < -0.39 is 12.1 Å². The third-order valence-corrected chi connectivity index (χ3v) is 16.3. The molecule has 0 aromatic carbocycles. The lowest BCUT2D eigenvalue weighted by molar-refractivity contribution is -0.143. The number of carbonyl (C=O) groups is 2. The Morgan fingerprint density at radius 2 is 0.671 bits per heavy atom. The first-order valence-electron chi connectivity index (χ1n) is 34.6. The van der Waals surface area contributed by atoms with Crippen molar-refractivity contribution in [3.8, 4) is 0 Å². The summed E-state index contributed by atoms with van der Waals surface area (Å²) < 4.78 is 5.48. The van der Waals surface area contributed by atoms with Gasteiger partial charge in [-0.05, 0) is 51.4 Å². The number of rotatable bonds is 65. The predicted octanol–water partition coefficient (Wildman–Crippen LogP) is 22.1. The maximum Gasteiger partial charge on any atom is 0.305 e. The second-order valence-electron chi connectivity index (χ2n) is 23.9. The lowest BCUT2D eigenvalue weighted by Crippen LogP contribution is -2.45. The van der Waals surface area contributed by atoms with E-state index in [2.05, 4.69) is 43.5 Å². The van der Waals surface area contributed by atoms with Gasteiger partial charge in [-0.1, -0.05) is 346 Å². The van der Waals surface area contributed by atoms with Crippen molar-refractivity contribution < 1.29 is 24.5 Å². The van der Waals surface area contributed by atoms with Crippen LogP contribution in [0.5, 0.6) is 0 Å². The number of allylic oxidation sites excluding steroid dienone is 4. The molecule has 0 saturated carbocycles. The number of nitrogens with one attached hydrogen (secondary N) is 1. The van der Waals surface area contributed by atoms with Crippen molar-refractivity contribution in [2.45, 2.75) is 398 Å². The zero-order chi connectivity index (χ0) is 55.0. The van der Waals surface area contributed by atoms with Crippen LogP contribution in [0.15, 0.2) is 24.3 Å². The lowest BCUT2D eigenvalue weighted by atomic mass is 10.0. The van der Waals surface area contributed by atoms with E-state index >= 15 is 0 Å². The van der Waals surface area contributed by atoms with Gasteiger partial charge in [-0.15, -0.1) is 0 Å². The van der Waals surface area contributed by atoms with Gasteiger partial charge in [0.2, 0.25) is 5.91 Å². The highest BCUT2D eigenvalue weighted by Crippen LogP contribution is 2.19. The second-order valence-corrected chi connectivity index (χ2v) is 23.9. The average Bonchev–Trinajstić information content (AvgIpc) is 3.42. The van der Waals surface area contributed by atoms with E-state index in [1.54, 1.807) is 0 Å². The molecule has 2 atom stereocenters. The van der Waals surface area contributed by atoms with Crippen LogP contribution in [-0.2, 0) is 14.3 Å². The van der Waals surface area contributed by atoms with Crippen molar-refractivity contribution in [2.75, 3.05) is 13.2 Å². The summed E-state index contributed by atoms with van der Waals surface area (Å²) in [7, 11) is 0. The van der Waals surface area contributed by atoms with Crippen LogP contribution < -0.4 is 5.32 Å². The van der Waals surface area contributed by atoms with Gasteiger partial charge in [0.1, 0.15) is 0 Å². The van der Waals surface area contributed by atoms with Gasteiger partial charge in [0.15, 0.2) is 0 Å². The first-order chi connectivity index (χ1) is 37.5. The van der Waals surface area contributed by atoms with Gasteiger partial charge in [-0.2, -0.15) is 0 Å². The highest BCUT2D eigenvalue weighted by Gasteiger charge is 2.20. The monoisotopic (exact) mass is 1070 g/mol. The van der Waals surface area contributed by atoms with E-state index in [1.165, 1.54) is 302 Å². The molecule has 0 aromatic rings. The Morgan fingerprint density at radius 1 is 0.368 bits per heavy atom. The zero-order valence-electron chi connectivity index (χ0n) is 51.5. The van der Waals surface area contributed by atoms with E-state index in [4.69, 9.17) is 4.74 Å². The highest BCUT2D eigenvalue weighted by molar-refractivity contribution is 5.76. The minimum atomic E-state index is -0.667. The number of carbonyl (C=O) groups excluding carboxylic acids is 2. The van der Waals surface area contributed by atoms with Crippen molar-refractivity contribution in [3.63, 3.8) is 0 Å². The van der Waals surface area contributed by atoms with Gasteiger partial charge in [-0.3, -0.25) is 9.59 Å². The van der Waals surface area contributed by atoms with Crippen LogP contribution in [0.25, 0.3) is 0 Å². The standard InChI is InChI=1S/C70H135NO5/c1-3-5-7-9-11-13-15-17-19-20-21-22-23-24-25-26-29-32-35-38-42-46-50-54-58-62-68(73)67(66-72)71-69(74)63-59-55-51-47-43-39-36-33-30-27-28-31-34-37-41-45-49-53-57-61-65-76-70(75)64-60-56-52-48-44-40-18-16-14-12-10-8-6-4-2/h10,12,16,18,67-68,72-73H,3-9,11,13-15,17,19-66H2,1-2H3,(H,71,74)/b12-10-,18-16-. The van der Waals surface area contributed by atoms with E-state index in [9.17, 15) is 19.8 Å². The first kappa shape index (κ1) is 74.3. The average molecular weight is 1070 g/mol. The Kier molecular flexibility index (Phi) is 64.4. The molecule has 0 rings (SSSR count). The third kappa shape index (κ3) is 61.6. The van der Waals surface area contributed by atoms with Crippen LogP contribution in [-0.4, -0.2) is 47.4 Å². The number of hydrogen-bond acceptors (Lipinski definition) is 5. The van der Waals surface area contributed by atoms with Crippen molar-refractivity contribution in [1.29, 1.82) is 0 Å². The molecule has 2 unspecified atom stereocenters. The zero-order valence-corrected chi connectivity index (χ0v) is 51.5. The fourth-order valence-corrected chi connectivity index (χ4v) is 11.0. The highest BCUT2D eigenvalue weighted by atomic mass is 16.5. The van der Waals surface area contributed by atoms with Gasteiger partial charge in [0.25, 0.3) is 0 Å². The fourth-order valence-electron chi connectivity index (χ4n) is 11.0. The second kappa shape index (κ2) is 65.9. The summed E-state index contributed by atoms with van der Waals surface area (Å²) in [5.41, 5.74) is 0. The molecule has 6 nitrogen and oxygen atoms in total. The van der Waals surface area contributed by atoms with E-state index in [0.29, 0.717) is 25.9 Å². The summed E-state index contributed by atoms with van der Waals surface area (Å²) in [6.07, 6.45) is 82.1. The number of esters is 1. The van der Waals surface area contributed by atoms with Gasteiger partial charge in [0.05, 0.1) is 25.4 Å². The summed E-state index contributed by atoms with van der Waals surface area (Å²) >= 11 is 0. The first-order valence-corrected chi connectivity index (χ1v) is 34.6. The Morgan fingerprint density at radius 3 is 1.04 bits per heavy atom. The normalized spacial score (nSPS) is 12.6. The minimum Gasteiger partial charge on any atom is -0.466 e. The molecule has 3 N–H and O–H groups in total. The lowest BCUT2D eigenvalue weighted by Gasteiger charge is -2.22. The van der Waals surface area contributed by atoms with Crippen molar-refractivity contribution in [1.82, 2.24) is 5.32 Å². The summed E-state index contributed by atoms with van der Waals surface area (Å²) in [5, 5.41) is 23.4. The molecule has 0 heterocycles. The van der Waals surface area contributed by atoms with Gasteiger partial charge in [0, 0.05) is 12.8 Å². The summed E-state index contributed by atoms with van der Waals surface area (Å²) in [5.74, 6) is -0.0354. The summed E-state index contributed by atoms with van der Waals surface area (Å²) in [6, 6.07) is -0.545. The molecule has 0 radical (unpaired) electrons. The molecule has 0 bridgehead atoms. The SMILES string of the molecule is CCCC/C=C\C/C=C\CCCCCCCC(=O)OCCCCCCCCCCCCCCCCCCCCCCC(=O)NC(CO)C(O)CCCCCCCCCCCCCCCCCCCCCCCCCCC. The number of unbranched alkanes of at least 4 members (excludes halogenated alkanes) is 50. The topological polar surface area (TPSA) is 95.9 Å². The fraction of sp³-hybridized carbons (Fsp3) is 0.914. The van der Waals surface area contributed by atoms with Gasteiger partial charge >= 0.3 is 5.97 Å². The van der Waals surface area contributed by atoms with Gasteiger partial charge in [-0.25, -0.2) is 0 Å². The Bertz CT molecular complexity index is 1190. The molecule has 76 heavy (non-hydrogen) atoms. The maximum atomic E-state index is 12.6. The van der Waals surface area contributed by atoms with E-state index in [-0.39, 0.29) is 18.5 Å².